The number of ether oxygens (including phenoxy) is 4. The predicted molar refractivity (Wildman–Crippen MR) is 273 cm³/mol. The van der Waals surface area contributed by atoms with Gasteiger partial charge in [0.05, 0.1) is 0 Å². The average Bonchev–Trinajstić information content (AvgIpc) is 4.06. The molecule has 0 radical (unpaired) electrons. The van der Waals surface area contributed by atoms with Crippen LogP contribution in [0.4, 0.5) is 9.59 Å². The molecule has 2 aliphatic heterocycles. The van der Waals surface area contributed by atoms with E-state index in [-0.39, 0.29) is 26.1 Å². The lowest BCUT2D eigenvalue weighted by atomic mass is 10.0. The van der Waals surface area contributed by atoms with Gasteiger partial charge >= 0.3 is 24.1 Å². The summed E-state index contributed by atoms with van der Waals surface area (Å²) in [6.07, 6.45) is 40.1. The van der Waals surface area contributed by atoms with Crippen LogP contribution in [0.2, 0.25) is 0 Å². The van der Waals surface area contributed by atoms with Gasteiger partial charge in [0, 0.05) is 25.9 Å². The molecule has 12 heteroatoms. The van der Waals surface area contributed by atoms with Crippen LogP contribution in [0.1, 0.15) is 239 Å². The highest BCUT2D eigenvalue weighted by Crippen LogP contribution is 2.16. The molecule has 2 fully saturated rings. The zero-order valence-corrected chi connectivity index (χ0v) is 43.3. The number of rotatable bonds is 45. The minimum Gasteiger partial charge on any atom is -0.462 e. The van der Waals surface area contributed by atoms with E-state index in [1.807, 2.05) is 0 Å². The van der Waals surface area contributed by atoms with E-state index in [0.29, 0.717) is 25.9 Å². The largest absolute Gasteiger partial charge is 0.462 e. The smallest absolute Gasteiger partial charge is 0.407 e. The van der Waals surface area contributed by atoms with Gasteiger partial charge in [-0.05, 0) is 116 Å². The Morgan fingerprint density at radius 2 is 0.746 bits per heavy atom. The number of hydrogen-bond acceptors (Lipinski definition) is 10. The van der Waals surface area contributed by atoms with Gasteiger partial charge in [-0.1, -0.05) is 161 Å². The van der Waals surface area contributed by atoms with Crippen molar-refractivity contribution in [3.05, 3.63) is 12.2 Å². The summed E-state index contributed by atoms with van der Waals surface area (Å²) in [5, 5.41) is 5.64. The molecule has 0 aliphatic carbocycles. The second-order valence-electron chi connectivity index (χ2n) is 19.6. The number of carbonyl (C=O) groups is 4. The zero-order chi connectivity index (χ0) is 48.1. The molecule has 390 valence electrons. The van der Waals surface area contributed by atoms with Gasteiger partial charge in [0.2, 0.25) is 0 Å². The monoisotopic (exact) mass is 947 g/mol. The highest BCUT2D eigenvalue weighted by atomic mass is 16.6. The number of nitrogens with zero attached hydrogens (tertiary/aromatic N) is 2. The third-order valence-corrected chi connectivity index (χ3v) is 13.4. The summed E-state index contributed by atoms with van der Waals surface area (Å²) in [6.45, 7) is 10.8. The predicted octanol–water partition coefficient (Wildman–Crippen LogP) is 13.1. The molecule has 0 aromatic heterocycles. The fourth-order valence-electron chi connectivity index (χ4n) is 9.09. The van der Waals surface area contributed by atoms with E-state index in [9.17, 15) is 19.2 Å². The molecule has 2 heterocycles. The highest BCUT2D eigenvalue weighted by molar-refractivity contribution is 5.71. The number of unbranched alkanes of at least 4 members (excludes halogenated alkanes) is 24. The Kier molecular flexibility index (Phi) is 39.9. The van der Waals surface area contributed by atoms with Gasteiger partial charge in [-0.2, -0.15) is 0 Å². The van der Waals surface area contributed by atoms with Crippen LogP contribution >= 0.6 is 0 Å². The molecule has 2 N–H and O–H groups in total. The van der Waals surface area contributed by atoms with Crippen molar-refractivity contribution in [3.8, 4) is 0 Å². The Labute approximate surface area is 409 Å². The lowest BCUT2D eigenvalue weighted by Crippen LogP contribution is -2.46. The molecular weight excluding hydrogens is 845 g/mol. The Balaban J connectivity index is 1.86. The minimum atomic E-state index is -1.18. The van der Waals surface area contributed by atoms with Gasteiger partial charge in [-0.25, -0.2) is 9.59 Å². The summed E-state index contributed by atoms with van der Waals surface area (Å²) in [5.74, 6) is -0.804. The van der Waals surface area contributed by atoms with E-state index in [2.05, 4.69) is 46.4 Å². The van der Waals surface area contributed by atoms with Gasteiger partial charge in [0.15, 0.2) is 12.2 Å². The molecule has 2 saturated heterocycles. The summed E-state index contributed by atoms with van der Waals surface area (Å²) >= 11 is 0. The highest BCUT2D eigenvalue weighted by Gasteiger charge is 2.32. The topological polar surface area (TPSA) is 136 Å². The van der Waals surface area contributed by atoms with Crippen LogP contribution in [0.25, 0.3) is 0 Å². The number of allylic oxidation sites excluding steroid dienone is 2. The first-order chi connectivity index (χ1) is 32.9. The fraction of sp³-hybridized carbons (Fsp3) is 0.891. The van der Waals surface area contributed by atoms with Gasteiger partial charge in [0.25, 0.3) is 0 Å². The SMILES string of the molecule is CCCCCCCC/C=C\CCCCCCCC(=O)OCC(OC(=O)NCCCN1CCCC1)C(COC(=O)CCCCCCCCCCCCCCCC)OC(=O)NCCCN1CCCC1. The maximum absolute atomic E-state index is 13.2. The van der Waals surface area contributed by atoms with Crippen LogP contribution in [0.5, 0.6) is 0 Å². The van der Waals surface area contributed by atoms with E-state index in [4.69, 9.17) is 18.9 Å². The number of alkyl carbamates (subject to hydrolysis) is 2. The van der Waals surface area contributed by atoms with Gasteiger partial charge in [-0.3, -0.25) is 9.59 Å². The molecule has 2 unspecified atom stereocenters. The second-order valence-corrected chi connectivity index (χ2v) is 19.6. The summed E-state index contributed by atoms with van der Waals surface area (Å²) in [5.41, 5.74) is 0. The van der Waals surface area contributed by atoms with Crippen LogP contribution in [0, 0.1) is 0 Å². The van der Waals surface area contributed by atoms with Crippen molar-refractivity contribution in [1.82, 2.24) is 20.4 Å². The maximum Gasteiger partial charge on any atom is 0.407 e. The number of esters is 2. The number of nitrogens with one attached hydrogen (secondary N) is 2. The van der Waals surface area contributed by atoms with Crippen molar-refractivity contribution in [2.75, 3.05) is 65.6 Å². The lowest BCUT2D eigenvalue weighted by Gasteiger charge is -2.27. The van der Waals surface area contributed by atoms with E-state index in [0.717, 1.165) is 97.1 Å². The maximum atomic E-state index is 13.2. The molecule has 2 amide bonds. The molecule has 0 bridgehead atoms. The Hall–Kier alpha value is -2.86. The molecule has 0 spiro atoms. The molecule has 0 saturated carbocycles. The molecule has 0 aromatic carbocycles. The van der Waals surface area contributed by atoms with Crippen molar-refractivity contribution in [3.63, 3.8) is 0 Å². The van der Waals surface area contributed by atoms with Crippen molar-refractivity contribution in [2.45, 2.75) is 251 Å². The zero-order valence-electron chi connectivity index (χ0n) is 43.3. The van der Waals surface area contributed by atoms with Crippen molar-refractivity contribution < 1.29 is 38.1 Å². The van der Waals surface area contributed by atoms with Crippen LogP contribution in [-0.4, -0.2) is 112 Å². The third-order valence-electron chi connectivity index (χ3n) is 13.4. The number of likely N-dealkylation sites (tertiary alicyclic amines) is 2. The molecule has 2 atom stereocenters. The van der Waals surface area contributed by atoms with E-state index >= 15 is 0 Å². The van der Waals surface area contributed by atoms with Crippen LogP contribution in [0.15, 0.2) is 12.2 Å². The first kappa shape index (κ1) is 60.3. The van der Waals surface area contributed by atoms with E-state index < -0.39 is 36.3 Å². The van der Waals surface area contributed by atoms with Crippen LogP contribution in [-0.2, 0) is 28.5 Å². The quantitative estimate of drug-likeness (QED) is 0.0263. The van der Waals surface area contributed by atoms with E-state index in [1.165, 1.54) is 141 Å². The normalized spacial score (nSPS) is 15.2. The Morgan fingerprint density at radius 1 is 0.433 bits per heavy atom. The standard InChI is InChI=1S/C55H102N4O8/c1-3-5-7-9-11-13-15-17-19-21-23-25-27-29-31-39-53(61)65-49-51(67-55(63)57-41-37-47-59-44-34-35-45-59)50(66-54(62)56-40-36-46-58-42-32-33-43-58)48-64-52(60)38-30-28-26-24-22-20-18-16-14-12-10-8-6-4-2/h17,19,50-51H,3-16,18,20-49H2,1-2H3,(H,56,62)(H,57,63)/b19-17-. The Bertz CT molecular complexity index is 1220. The Morgan fingerprint density at radius 3 is 1.09 bits per heavy atom. The second kappa shape index (κ2) is 44.4. The molecule has 2 aliphatic rings. The number of hydrogen-bond donors (Lipinski definition) is 2. The minimum absolute atomic E-state index is 0.241. The van der Waals surface area contributed by atoms with Crippen LogP contribution in [0.3, 0.4) is 0 Å². The fourth-order valence-corrected chi connectivity index (χ4v) is 9.09. The molecule has 2 rings (SSSR count). The van der Waals surface area contributed by atoms with E-state index in [1.54, 1.807) is 0 Å². The van der Waals surface area contributed by atoms with Crippen molar-refractivity contribution in [2.24, 2.45) is 0 Å². The summed E-state index contributed by atoms with van der Waals surface area (Å²) in [6, 6.07) is 0. The summed E-state index contributed by atoms with van der Waals surface area (Å²) < 4.78 is 23.0. The molecular formula is C55H102N4O8. The number of amides is 2. The molecule has 0 aromatic rings. The van der Waals surface area contributed by atoms with Crippen molar-refractivity contribution >= 4 is 24.1 Å². The van der Waals surface area contributed by atoms with Crippen LogP contribution < -0.4 is 10.6 Å². The molecule has 67 heavy (non-hydrogen) atoms. The summed E-state index contributed by atoms with van der Waals surface area (Å²) in [4.78, 5) is 57.2. The molecule has 12 nitrogen and oxygen atoms in total. The lowest BCUT2D eigenvalue weighted by molar-refractivity contribution is -0.156. The van der Waals surface area contributed by atoms with Crippen molar-refractivity contribution in [1.29, 1.82) is 0 Å². The third kappa shape index (κ3) is 36.7. The first-order valence-corrected chi connectivity index (χ1v) is 28.2. The number of carbonyl (C=O) groups excluding carboxylic acids is 4. The van der Waals surface area contributed by atoms with Gasteiger partial charge in [0.1, 0.15) is 13.2 Å². The summed E-state index contributed by atoms with van der Waals surface area (Å²) in [7, 11) is 0. The van der Waals surface area contributed by atoms with Gasteiger partial charge in [-0.15, -0.1) is 0 Å². The first-order valence-electron chi connectivity index (χ1n) is 28.2. The average molecular weight is 947 g/mol. The van der Waals surface area contributed by atoms with Gasteiger partial charge < -0.3 is 39.4 Å².